The van der Waals surface area contributed by atoms with E-state index in [1.165, 1.54) is 33.4 Å². The monoisotopic (exact) mass is 519 g/mol. The molecule has 0 amide bonds. The number of rotatable bonds is 5. The average molecular weight is 520 g/mol. The second-order valence-corrected chi connectivity index (χ2v) is 10.3. The maximum atomic E-state index is 6.29. The first kappa shape index (κ1) is 23.5. The fourth-order valence-corrected chi connectivity index (χ4v) is 6.31. The Bertz CT molecular complexity index is 1700. The van der Waals surface area contributed by atoms with Gasteiger partial charge in [-0.05, 0) is 81.9 Å². The van der Waals surface area contributed by atoms with Gasteiger partial charge in [0, 0.05) is 22.1 Å². The second kappa shape index (κ2) is 9.62. The predicted molar refractivity (Wildman–Crippen MR) is 163 cm³/mol. The Morgan fingerprint density at radius 3 is 1.54 bits per heavy atom. The maximum Gasteiger partial charge on any atom is 0.0714 e. The van der Waals surface area contributed by atoms with E-state index in [0.717, 1.165) is 22.1 Å². The first-order valence-electron chi connectivity index (χ1n) is 13.2. The Labute approximate surface area is 234 Å². The summed E-state index contributed by atoms with van der Waals surface area (Å²) in [5.41, 5.74) is 10.5. The average Bonchev–Trinajstić information content (AvgIpc) is 3.30. The van der Waals surface area contributed by atoms with Crippen LogP contribution in [0.15, 0.2) is 158 Å². The number of halogens is 1. The van der Waals surface area contributed by atoms with Gasteiger partial charge in [0.05, 0.1) is 5.41 Å². The molecule has 0 heterocycles. The highest BCUT2D eigenvalue weighted by molar-refractivity contribution is 6.30. The van der Waals surface area contributed by atoms with E-state index in [1.54, 1.807) is 0 Å². The van der Waals surface area contributed by atoms with Crippen molar-refractivity contribution in [3.05, 3.63) is 185 Å². The molecular formula is C37H26ClN. The number of anilines is 3. The highest BCUT2D eigenvalue weighted by Gasteiger charge is 2.46. The molecule has 0 radical (unpaired) electrons. The van der Waals surface area contributed by atoms with Gasteiger partial charge in [-0.2, -0.15) is 0 Å². The minimum atomic E-state index is -0.438. The van der Waals surface area contributed by atoms with Crippen molar-refractivity contribution in [2.45, 2.75) is 5.41 Å². The molecule has 0 unspecified atom stereocenters. The number of fused-ring (bicyclic) bond motifs is 3. The maximum absolute atomic E-state index is 6.29. The number of hydrogen-bond donors (Lipinski definition) is 0. The zero-order valence-corrected chi connectivity index (χ0v) is 22.1. The smallest absolute Gasteiger partial charge is 0.0714 e. The van der Waals surface area contributed by atoms with Crippen molar-refractivity contribution in [3.8, 4) is 11.1 Å². The van der Waals surface area contributed by atoms with Gasteiger partial charge in [0.15, 0.2) is 0 Å². The highest BCUT2D eigenvalue weighted by Crippen LogP contribution is 2.57. The zero-order chi connectivity index (χ0) is 26.2. The minimum Gasteiger partial charge on any atom is -0.310 e. The summed E-state index contributed by atoms with van der Waals surface area (Å²) in [4.78, 5) is 2.31. The molecular weight excluding hydrogens is 494 g/mol. The summed E-state index contributed by atoms with van der Waals surface area (Å²) in [5, 5.41) is 0.725. The molecule has 0 atom stereocenters. The lowest BCUT2D eigenvalue weighted by Gasteiger charge is -2.35. The van der Waals surface area contributed by atoms with Gasteiger partial charge in [-0.1, -0.05) is 121 Å². The Kier molecular flexibility index (Phi) is 5.80. The van der Waals surface area contributed by atoms with Crippen LogP contribution in [0.25, 0.3) is 11.1 Å². The van der Waals surface area contributed by atoms with Gasteiger partial charge in [0.1, 0.15) is 0 Å². The summed E-state index contributed by atoms with van der Waals surface area (Å²) in [7, 11) is 0. The van der Waals surface area contributed by atoms with Crippen LogP contribution < -0.4 is 4.90 Å². The van der Waals surface area contributed by atoms with Crippen molar-refractivity contribution in [3.63, 3.8) is 0 Å². The lowest BCUT2D eigenvalue weighted by atomic mass is 9.67. The number of nitrogens with zero attached hydrogens (tertiary/aromatic N) is 1. The molecule has 0 aliphatic heterocycles. The molecule has 6 aromatic rings. The summed E-state index contributed by atoms with van der Waals surface area (Å²) in [5.74, 6) is 0. The predicted octanol–water partition coefficient (Wildman–Crippen LogP) is 10.2. The highest BCUT2D eigenvalue weighted by atomic mass is 35.5. The standard InChI is InChI=1S/C37H26ClN/c38-29-20-22-31(23-21-29)39(30-16-8-3-9-17-30)32-24-25-34-33-18-10-11-19-35(33)37(36(34)26-32,27-12-4-1-5-13-27)28-14-6-2-7-15-28/h1-26H. The first-order chi connectivity index (χ1) is 19.3. The van der Waals surface area contributed by atoms with Gasteiger partial charge in [0.25, 0.3) is 0 Å². The van der Waals surface area contributed by atoms with Crippen molar-refractivity contribution in [1.29, 1.82) is 0 Å². The molecule has 0 N–H and O–H groups in total. The number of hydrogen-bond acceptors (Lipinski definition) is 1. The van der Waals surface area contributed by atoms with Gasteiger partial charge in [-0.25, -0.2) is 0 Å². The summed E-state index contributed by atoms with van der Waals surface area (Å²) >= 11 is 6.29. The molecule has 1 aliphatic rings. The summed E-state index contributed by atoms with van der Waals surface area (Å²) in [6.07, 6.45) is 0. The second-order valence-electron chi connectivity index (χ2n) is 9.90. The molecule has 1 aliphatic carbocycles. The van der Waals surface area contributed by atoms with Crippen LogP contribution in [0.3, 0.4) is 0 Å². The Hall–Kier alpha value is -4.59. The lowest BCUT2D eigenvalue weighted by Crippen LogP contribution is -2.28. The molecule has 0 saturated carbocycles. The van der Waals surface area contributed by atoms with E-state index in [0.29, 0.717) is 0 Å². The van der Waals surface area contributed by atoms with E-state index in [1.807, 2.05) is 12.1 Å². The molecule has 6 aromatic carbocycles. The van der Waals surface area contributed by atoms with E-state index >= 15 is 0 Å². The van der Waals surface area contributed by atoms with Crippen LogP contribution in [-0.4, -0.2) is 0 Å². The third kappa shape index (κ3) is 3.78. The molecule has 2 heteroatoms. The van der Waals surface area contributed by atoms with Crippen LogP contribution in [0.1, 0.15) is 22.3 Å². The van der Waals surface area contributed by atoms with Gasteiger partial charge >= 0.3 is 0 Å². The number of benzene rings is 6. The zero-order valence-electron chi connectivity index (χ0n) is 21.3. The third-order valence-corrected chi connectivity index (χ3v) is 8.05. The first-order valence-corrected chi connectivity index (χ1v) is 13.6. The summed E-state index contributed by atoms with van der Waals surface area (Å²) in [6, 6.07) is 56.2. The third-order valence-electron chi connectivity index (χ3n) is 7.80. The van der Waals surface area contributed by atoms with Gasteiger partial charge in [-0.15, -0.1) is 0 Å². The SMILES string of the molecule is Clc1ccc(N(c2ccccc2)c2ccc3c(c2)C(c2ccccc2)(c2ccccc2)c2ccccc2-3)cc1. The van der Waals surface area contributed by atoms with Crippen LogP contribution >= 0.6 is 11.6 Å². The molecule has 0 fully saturated rings. The molecule has 39 heavy (non-hydrogen) atoms. The van der Waals surface area contributed by atoms with Crippen molar-refractivity contribution in [2.24, 2.45) is 0 Å². The number of para-hydroxylation sites is 1. The fraction of sp³-hybridized carbons (Fsp3) is 0.0270. The quantitative estimate of drug-likeness (QED) is 0.218. The van der Waals surface area contributed by atoms with E-state index < -0.39 is 5.41 Å². The summed E-state index contributed by atoms with van der Waals surface area (Å²) < 4.78 is 0. The van der Waals surface area contributed by atoms with E-state index in [4.69, 9.17) is 11.6 Å². The van der Waals surface area contributed by atoms with E-state index in [2.05, 4.69) is 150 Å². The molecule has 0 spiro atoms. The van der Waals surface area contributed by atoms with Gasteiger partial charge in [-0.3, -0.25) is 0 Å². The molecule has 0 bridgehead atoms. The largest absolute Gasteiger partial charge is 0.310 e. The van der Waals surface area contributed by atoms with Crippen LogP contribution in [0.5, 0.6) is 0 Å². The van der Waals surface area contributed by atoms with Crippen molar-refractivity contribution >= 4 is 28.7 Å². The van der Waals surface area contributed by atoms with E-state index in [-0.39, 0.29) is 0 Å². The minimum absolute atomic E-state index is 0.438. The van der Waals surface area contributed by atoms with E-state index in [9.17, 15) is 0 Å². The van der Waals surface area contributed by atoms with Crippen LogP contribution in [-0.2, 0) is 5.41 Å². The Morgan fingerprint density at radius 1 is 0.410 bits per heavy atom. The van der Waals surface area contributed by atoms with Gasteiger partial charge < -0.3 is 4.90 Å². The normalized spacial score (nSPS) is 12.9. The van der Waals surface area contributed by atoms with Crippen molar-refractivity contribution in [2.75, 3.05) is 4.90 Å². The lowest BCUT2D eigenvalue weighted by molar-refractivity contribution is 0.768. The molecule has 186 valence electrons. The van der Waals surface area contributed by atoms with Crippen molar-refractivity contribution < 1.29 is 0 Å². The molecule has 1 nitrogen and oxygen atoms in total. The van der Waals surface area contributed by atoms with Crippen LogP contribution in [0, 0.1) is 0 Å². The fourth-order valence-electron chi connectivity index (χ4n) is 6.19. The Balaban J connectivity index is 1.54. The molecule has 0 saturated heterocycles. The van der Waals surface area contributed by atoms with Gasteiger partial charge in [0.2, 0.25) is 0 Å². The van der Waals surface area contributed by atoms with Crippen molar-refractivity contribution in [1.82, 2.24) is 0 Å². The van der Waals surface area contributed by atoms with Crippen LogP contribution in [0.2, 0.25) is 5.02 Å². The molecule has 0 aromatic heterocycles. The topological polar surface area (TPSA) is 3.24 Å². The Morgan fingerprint density at radius 2 is 0.897 bits per heavy atom. The summed E-state index contributed by atoms with van der Waals surface area (Å²) in [6.45, 7) is 0. The van der Waals surface area contributed by atoms with Crippen LogP contribution in [0.4, 0.5) is 17.1 Å². The molecule has 7 rings (SSSR count).